The van der Waals surface area contributed by atoms with Gasteiger partial charge in [-0.15, -0.1) is 11.3 Å². The van der Waals surface area contributed by atoms with E-state index in [0.717, 1.165) is 17.5 Å². The van der Waals surface area contributed by atoms with E-state index >= 15 is 0 Å². The predicted octanol–water partition coefficient (Wildman–Crippen LogP) is 4.01. The number of hydrogen-bond acceptors (Lipinski definition) is 7. The number of hydrogen-bond donors (Lipinski definition) is 2. The molecular weight excluding hydrogens is 478 g/mol. The van der Waals surface area contributed by atoms with Crippen molar-refractivity contribution in [3.63, 3.8) is 0 Å². The number of amides is 2. The van der Waals surface area contributed by atoms with Crippen molar-refractivity contribution in [3.05, 3.63) is 65.0 Å². The van der Waals surface area contributed by atoms with Crippen LogP contribution in [0.25, 0.3) is 11.3 Å². The number of rotatable bonds is 9. The Morgan fingerprint density at radius 2 is 1.88 bits per heavy atom. The standard InChI is InChI=1S/C23H25N3O4S3/c1-15-9-10-17(13-20(15)33(3,29)30)21(27)24-18(11-12-31-2)22(28)26-23-25-19(14-32-23)16-7-5-4-6-8-16/h4-10,13-14,18H,11-12H2,1-3H3,(H,24,27)(H,25,26,28). The van der Waals surface area contributed by atoms with Crippen LogP contribution in [0.5, 0.6) is 0 Å². The third-order valence-electron chi connectivity index (χ3n) is 4.89. The highest BCUT2D eigenvalue weighted by atomic mass is 32.2. The molecule has 0 aliphatic heterocycles. The maximum atomic E-state index is 12.9. The van der Waals surface area contributed by atoms with Crippen LogP contribution in [0.1, 0.15) is 22.3 Å². The van der Waals surface area contributed by atoms with Crippen LogP contribution in [0, 0.1) is 6.92 Å². The van der Waals surface area contributed by atoms with Gasteiger partial charge in [0.25, 0.3) is 5.91 Å². The van der Waals surface area contributed by atoms with Gasteiger partial charge < -0.3 is 10.6 Å². The molecule has 0 aliphatic rings. The van der Waals surface area contributed by atoms with E-state index < -0.39 is 21.8 Å². The van der Waals surface area contributed by atoms with Crippen molar-refractivity contribution >= 4 is 49.9 Å². The van der Waals surface area contributed by atoms with Crippen LogP contribution < -0.4 is 10.6 Å². The fraction of sp³-hybridized carbons (Fsp3) is 0.261. The molecule has 1 aromatic heterocycles. The van der Waals surface area contributed by atoms with Crippen LogP contribution >= 0.6 is 23.1 Å². The van der Waals surface area contributed by atoms with Crippen molar-refractivity contribution in [2.24, 2.45) is 0 Å². The summed E-state index contributed by atoms with van der Waals surface area (Å²) in [4.78, 5) is 30.4. The molecule has 33 heavy (non-hydrogen) atoms. The molecule has 0 fully saturated rings. The first-order valence-corrected chi connectivity index (χ1v) is 14.3. The predicted molar refractivity (Wildman–Crippen MR) is 135 cm³/mol. The molecule has 0 aliphatic carbocycles. The highest BCUT2D eigenvalue weighted by Gasteiger charge is 2.23. The fourth-order valence-electron chi connectivity index (χ4n) is 3.15. The molecule has 1 atom stereocenters. The molecule has 2 N–H and O–H groups in total. The summed E-state index contributed by atoms with van der Waals surface area (Å²) in [6.07, 6.45) is 3.44. The van der Waals surface area contributed by atoms with Gasteiger partial charge in [0.15, 0.2) is 15.0 Å². The third-order valence-corrected chi connectivity index (χ3v) is 7.53. The molecule has 3 aromatic rings. The van der Waals surface area contributed by atoms with E-state index in [1.54, 1.807) is 30.8 Å². The Bertz CT molecular complexity index is 1240. The summed E-state index contributed by atoms with van der Waals surface area (Å²) in [6.45, 7) is 1.67. The van der Waals surface area contributed by atoms with Crippen LogP contribution in [0.2, 0.25) is 0 Å². The number of carbonyl (C=O) groups is 2. The quantitative estimate of drug-likeness (QED) is 0.457. The van der Waals surface area contributed by atoms with Crippen molar-refractivity contribution in [1.82, 2.24) is 10.3 Å². The number of anilines is 1. The molecule has 0 bridgehead atoms. The van der Waals surface area contributed by atoms with Gasteiger partial charge in [0, 0.05) is 22.8 Å². The summed E-state index contributed by atoms with van der Waals surface area (Å²) in [5.74, 6) is -0.222. The first-order valence-electron chi connectivity index (χ1n) is 10.1. The van der Waals surface area contributed by atoms with Crippen LogP contribution in [-0.4, -0.2) is 49.5 Å². The monoisotopic (exact) mass is 503 g/mol. The Labute approximate surface area is 201 Å². The second-order valence-corrected chi connectivity index (χ2v) is 11.3. The summed E-state index contributed by atoms with van der Waals surface area (Å²) in [6, 6.07) is 13.3. The lowest BCUT2D eigenvalue weighted by Crippen LogP contribution is -2.44. The zero-order chi connectivity index (χ0) is 24.0. The Morgan fingerprint density at radius 3 is 2.55 bits per heavy atom. The van der Waals surface area contributed by atoms with Crippen molar-refractivity contribution in [2.45, 2.75) is 24.3 Å². The molecule has 174 valence electrons. The Kier molecular flexibility index (Phi) is 8.28. The van der Waals surface area contributed by atoms with E-state index in [2.05, 4.69) is 15.6 Å². The minimum atomic E-state index is -3.48. The number of nitrogens with zero attached hydrogens (tertiary/aromatic N) is 1. The summed E-state index contributed by atoms with van der Waals surface area (Å²) >= 11 is 2.87. The molecule has 0 saturated heterocycles. The number of thiazole rings is 1. The van der Waals surface area contributed by atoms with E-state index in [-0.39, 0.29) is 16.4 Å². The summed E-state index contributed by atoms with van der Waals surface area (Å²) in [5.41, 5.74) is 2.45. The number of nitrogens with one attached hydrogen (secondary N) is 2. The van der Waals surface area contributed by atoms with Crippen LogP contribution in [0.4, 0.5) is 5.13 Å². The minimum absolute atomic E-state index is 0.0940. The van der Waals surface area contributed by atoms with E-state index in [4.69, 9.17) is 0 Å². The number of aromatic nitrogens is 1. The second kappa shape index (κ2) is 11.0. The maximum absolute atomic E-state index is 12.9. The third kappa shape index (κ3) is 6.66. The Balaban J connectivity index is 1.75. The van der Waals surface area contributed by atoms with Crippen molar-refractivity contribution in [3.8, 4) is 11.3 Å². The van der Waals surface area contributed by atoms with E-state index in [0.29, 0.717) is 22.9 Å². The topological polar surface area (TPSA) is 105 Å². The molecule has 7 nitrogen and oxygen atoms in total. The lowest BCUT2D eigenvalue weighted by molar-refractivity contribution is -0.118. The molecule has 0 spiro atoms. The molecule has 3 rings (SSSR count). The normalized spacial score (nSPS) is 12.2. The van der Waals surface area contributed by atoms with Crippen molar-refractivity contribution < 1.29 is 18.0 Å². The van der Waals surface area contributed by atoms with Gasteiger partial charge in [-0.2, -0.15) is 11.8 Å². The molecule has 0 radical (unpaired) electrons. The minimum Gasteiger partial charge on any atom is -0.340 e. The SMILES string of the molecule is CSCCC(NC(=O)c1ccc(C)c(S(C)(=O)=O)c1)C(=O)Nc1nc(-c2ccccc2)cs1. The van der Waals surface area contributed by atoms with Gasteiger partial charge in [0.05, 0.1) is 10.6 Å². The van der Waals surface area contributed by atoms with Gasteiger partial charge in [-0.1, -0.05) is 36.4 Å². The summed E-state index contributed by atoms with van der Waals surface area (Å²) in [5, 5.41) is 7.84. The first kappa shape index (κ1) is 24.9. The molecule has 1 heterocycles. The number of benzene rings is 2. The van der Waals surface area contributed by atoms with Crippen molar-refractivity contribution in [1.29, 1.82) is 0 Å². The van der Waals surface area contributed by atoms with E-state index in [1.165, 1.54) is 17.4 Å². The van der Waals surface area contributed by atoms with Gasteiger partial charge in [-0.3, -0.25) is 9.59 Å². The van der Waals surface area contributed by atoms with Gasteiger partial charge in [0.1, 0.15) is 6.04 Å². The number of aryl methyl sites for hydroxylation is 1. The number of thioether (sulfide) groups is 1. The molecule has 0 saturated carbocycles. The zero-order valence-corrected chi connectivity index (χ0v) is 20.9. The average molecular weight is 504 g/mol. The lowest BCUT2D eigenvalue weighted by atomic mass is 10.1. The molecule has 10 heteroatoms. The molecular formula is C23H25N3O4S3. The van der Waals surface area contributed by atoms with Gasteiger partial charge in [-0.05, 0) is 43.0 Å². The Hall–Kier alpha value is -2.69. The van der Waals surface area contributed by atoms with Gasteiger partial charge in [-0.25, -0.2) is 13.4 Å². The second-order valence-electron chi connectivity index (χ2n) is 7.45. The van der Waals surface area contributed by atoms with Gasteiger partial charge >= 0.3 is 0 Å². The smallest absolute Gasteiger partial charge is 0.251 e. The summed E-state index contributed by atoms with van der Waals surface area (Å²) in [7, 11) is -3.48. The number of carbonyl (C=O) groups excluding carboxylic acids is 2. The van der Waals surface area contributed by atoms with Crippen LogP contribution in [0.15, 0.2) is 58.8 Å². The highest BCUT2D eigenvalue weighted by Crippen LogP contribution is 2.25. The molecule has 2 aromatic carbocycles. The average Bonchev–Trinajstić information content (AvgIpc) is 3.25. The number of sulfone groups is 1. The van der Waals surface area contributed by atoms with Gasteiger partial charge in [0.2, 0.25) is 5.91 Å². The first-order chi connectivity index (χ1) is 15.7. The van der Waals surface area contributed by atoms with Crippen LogP contribution in [0.3, 0.4) is 0 Å². The van der Waals surface area contributed by atoms with E-state index in [9.17, 15) is 18.0 Å². The molecule has 1 unspecified atom stereocenters. The van der Waals surface area contributed by atoms with E-state index in [1.807, 2.05) is 42.0 Å². The maximum Gasteiger partial charge on any atom is 0.251 e. The fourth-order valence-corrected chi connectivity index (χ4v) is 5.34. The largest absolute Gasteiger partial charge is 0.340 e. The lowest BCUT2D eigenvalue weighted by Gasteiger charge is -2.18. The molecule has 2 amide bonds. The zero-order valence-electron chi connectivity index (χ0n) is 18.5. The highest BCUT2D eigenvalue weighted by molar-refractivity contribution is 7.98. The summed E-state index contributed by atoms with van der Waals surface area (Å²) < 4.78 is 24.0. The van der Waals surface area contributed by atoms with Crippen molar-refractivity contribution in [2.75, 3.05) is 23.6 Å². The van der Waals surface area contributed by atoms with Crippen LogP contribution in [-0.2, 0) is 14.6 Å². The Morgan fingerprint density at radius 1 is 1.15 bits per heavy atom.